The maximum atomic E-state index is 2.33. The summed E-state index contributed by atoms with van der Waals surface area (Å²) in [6.45, 7) is 0. The fourth-order valence-corrected chi connectivity index (χ4v) is 10.8. The standard InChI is InChI=1S/C27H24P2/c1-5-13-22(14-6-1)28(23-15-7-2-8-16-23)26-21-27(26)29(24-17-9-3-10-18-24)25-19-11-4-12-20-25/h1-20,26-27H,21H2. The van der Waals surface area contributed by atoms with Crippen LogP contribution in [0.5, 0.6) is 0 Å². The van der Waals surface area contributed by atoms with E-state index in [-0.39, 0.29) is 15.8 Å². The third kappa shape index (κ3) is 4.06. The molecule has 2 unspecified atom stereocenters. The van der Waals surface area contributed by atoms with Gasteiger partial charge >= 0.3 is 0 Å². The minimum absolute atomic E-state index is 0.335. The predicted octanol–water partition coefficient (Wildman–Crippen LogP) is 5.39. The van der Waals surface area contributed by atoms with Crippen LogP contribution < -0.4 is 21.2 Å². The molecule has 0 radical (unpaired) electrons. The van der Waals surface area contributed by atoms with Gasteiger partial charge < -0.3 is 0 Å². The van der Waals surface area contributed by atoms with E-state index in [1.54, 1.807) is 0 Å². The Bertz CT molecular complexity index is 867. The summed E-state index contributed by atoms with van der Waals surface area (Å²) in [5, 5.41) is 6.05. The Morgan fingerprint density at radius 1 is 0.379 bits per heavy atom. The van der Waals surface area contributed by atoms with Crippen molar-refractivity contribution in [1.29, 1.82) is 0 Å². The summed E-state index contributed by atoms with van der Waals surface area (Å²) in [6, 6.07) is 44.8. The fraction of sp³-hybridized carbons (Fsp3) is 0.111. The zero-order chi connectivity index (χ0) is 19.5. The molecular formula is C27H24P2. The normalized spacial score (nSPS) is 18.1. The molecule has 0 N–H and O–H groups in total. The summed E-state index contributed by atoms with van der Waals surface area (Å²) in [6.07, 6.45) is 1.32. The van der Waals surface area contributed by atoms with Crippen molar-refractivity contribution in [3.63, 3.8) is 0 Å². The van der Waals surface area contributed by atoms with Gasteiger partial charge in [-0.05, 0) is 54.8 Å². The molecule has 0 saturated heterocycles. The smallest absolute Gasteiger partial charge is 0.00484 e. The van der Waals surface area contributed by atoms with E-state index in [9.17, 15) is 0 Å². The van der Waals surface area contributed by atoms with Crippen LogP contribution in [0.4, 0.5) is 0 Å². The zero-order valence-corrected chi connectivity index (χ0v) is 18.1. The average Bonchev–Trinajstić information content (AvgIpc) is 3.57. The van der Waals surface area contributed by atoms with Crippen molar-refractivity contribution in [2.75, 3.05) is 0 Å². The summed E-state index contributed by atoms with van der Waals surface area (Å²) in [7, 11) is -0.670. The van der Waals surface area contributed by atoms with Crippen LogP contribution in [0.2, 0.25) is 0 Å². The Morgan fingerprint density at radius 2 is 0.621 bits per heavy atom. The second-order valence-corrected chi connectivity index (χ2v) is 12.3. The molecule has 2 heteroatoms. The van der Waals surface area contributed by atoms with E-state index in [2.05, 4.69) is 121 Å². The number of hydrogen-bond donors (Lipinski definition) is 0. The van der Waals surface area contributed by atoms with Gasteiger partial charge in [0.1, 0.15) is 0 Å². The molecule has 1 aliphatic carbocycles. The molecule has 0 amide bonds. The van der Waals surface area contributed by atoms with Crippen molar-refractivity contribution >= 4 is 37.1 Å². The Hall–Kier alpha value is -2.26. The number of hydrogen-bond acceptors (Lipinski definition) is 0. The zero-order valence-electron chi connectivity index (χ0n) is 16.3. The topological polar surface area (TPSA) is 0 Å². The van der Waals surface area contributed by atoms with Crippen molar-refractivity contribution in [2.24, 2.45) is 0 Å². The van der Waals surface area contributed by atoms with Gasteiger partial charge in [0, 0.05) is 0 Å². The van der Waals surface area contributed by atoms with E-state index in [1.807, 2.05) is 0 Å². The average molecular weight is 410 g/mol. The van der Waals surface area contributed by atoms with Crippen LogP contribution >= 0.6 is 15.8 Å². The van der Waals surface area contributed by atoms with Gasteiger partial charge in [0.15, 0.2) is 0 Å². The summed E-state index contributed by atoms with van der Waals surface area (Å²) < 4.78 is 0. The number of benzene rings is 4. The van der Waals surface area contributed by atoms with Crippen LogP contribution in [0.25, 0.3) is 0 Å². The van der Waals surface area contributed by atoms with Crippen molar-refractivity contribution in [3.05, 3.63) is 121 Å². The van der Waals surface area contributed by atoms with Crippen LogP contribution in [0.15, 0.2) is 121 Å². The molecule has 1 fully saturated rings. The number of rotatable bonds is 6. The first kappa shape index (κ1) is 18.7. The van der Waals surface area contributed by atoms with Gasteiger partial charge in [-0.2, -0.15) is 0 Å². The first-order valence-electron chi connectivity index (χ1n) is 10.2. The maximum absolute atomic E-state index is 2.33. The van der Waals surface area contributed by atoms with Crippen molar-refractivity contribution < 1.29 is 0 Å². The van der Waals surface area contributed by atoms with Gasteiger partial charge in [-0.15, -0.1) is 0 Å². The molecule has 29 heavy (non-hydrogen) atoms. The van der Waals surface area contributed by atoms with E-state index >= 15 is 0 Å². The molecule has 0 spiro atoms. The van der Waals surface area contributed by atoms with Crippen LogP contribution in [0.3, 0.4) is 0 Å². The molecule has 2 atom stereocenters. The maximum Gasteiger partial charge on any atom is -0.00484 e. The highest BCUT2D eigenvalue weighted by Crippen LogP contribution is 2.63. The Kier molecular flexibility index (Phi) is 5.58. The van der Waals surface area contributed by atoms with Gasteiger partial charge in [-0.3, -0.25) is 0 Å². The minimum atomic E-state index is -0.335. The third-order valence-electron chi connectivity index (χ3n) is 5.52. The Labute approximate surface area is 176 Å². The molecule has 1 aliphatic rings. The van der Waals surface area contributed by atoms with Crippen molar-refractivity contribution in [2.45, 2.75) is 17.7 Å². The van der Waals surface area contributed by atoms with Gasteiger partial charge in [0.05, 0.1) is 0 Å². The molecular weight excluding hydrogens is 386 g/mol. The monoisotopic (exact) mass is 410 g/mol. The highest BCUT2D eigenvalue weighted by molar-refractivity contribution is 7.78. The molecule has 5 rings (SSSR count). The lowest BCUT2D eigenvalue weighted by Crippen LogP contribution is -2.19. The molecule has 1 saturated carbocycles. The highest BCUT2D eigenvalue weighted by atomic mass is 31.1. The van der Waals surface area contributed by atoms with Crippen molar-refractivity contribution in [1.82, 2.24) is 0 Å². The second-order valence-electron chi connectivity index (χ2n) is 7.45. The first-order valence-corrected chi connectivity index (χ1v) is 13.0. The van der Waals surface area contributed by atoms with Crippen molar-refractivity contribution in [3.8, 4) is 0 Å². The van der Waals surface area contributed by atoms with Crippen LogP contribution in [-0.2, 0) is 0 Å². The second kappa shape index (κ2) is 8.62. The first-order chi connectivity index (χ1) is 14.4. The van der Waals surface area contributed by atoms with Crippen LogP contribution in [0.1, 0.15) is 6.42 Å². The lowest BCUT2D eigenvalue weighted by molar-refractivity contribution is 1.49. The lowest BCUT2D eigenvalue weighted by atomic mass is 10.4. The molecule has 4 aromatic carbocycles. The molecule has 0 heterocycles. The summed E-state index contributed by atoms with van der Waals surface area (Å²) in [5.74, 6) is 0. The van der Waals surface area contributed by atoms with Crippen LogP contribution in [-0.4, -0.2) is 11.3 Å². The SMILES string of the molecule is c1ccc(P(c2ccccc2)C2CC2P(c2ccccc2)c2ccccc2)cc1. The summed E-state index contributed by atoms with van der Waals surface area (Å²) in [5.41, 5.74) is 1.50. The third-order valence-corrected chi connectivity index (χ3v) is 11.6. The molecule has 0 aliphatic heterocycles. The molecule has 0 aromatic heterocycles. The molecule has 0 bridgehead atoms. The predicted molar refractivity (Wildman–Crippen MR) is 130 cm³/mol. The van der Waals surface area contributed by atoms with Gasteiger partial charge in [-0.1, -0.05) is 121 Å². The van der Waals surface area contributed by atoms with E-state index < -0.39 is 0 Å². The van der Waals surface area contributed by atoms with E-state index in [0.717, 1.165) is 11.3 Å². The minimum Gasteiger partial charge on any atom is -0.0622 e. The van der Waals surface area contributed by atoms with Gasteiger partial charge in [0.2, 0.25) is 0 Å². The van der Waals surface area contributed by atoms with Gasteiger partial charge in [-0.25, -0.2) is 0 Å². The van der Waals surface area contributed by atoms with E-state index in [1.165, 1.54) is 27.6 Å². The van der Waals surface area contributed by atoms with E-state index in [4.69, 9.17) is 0 Å². The Morgan fingerprint density at radius 3 is 0.862 bits per heavy atom. The van der Waals surface area contributed by atoms with Gasteiger partial charge in [0.25, 0.3) is 0 Å². The largest absolute Gasteiger partial charge is 0.0622 e. The molecule has 142 valence electrons. The summed E-state index contributed by atoms with van der Waals surface area (Å²) >= 11 is 0. The molecule has 4 aromatic rings. The fourth-order valence-electron chi connectivity index (χ4n) is 4.14. The Balaban J connectivity index is 1.53. The lowest BCUT2D eigenvalue weighted by Gasteiger charge is -2.23. The van der Waals surface area contributed by atoms with Crippen LogP contribution in [0, 0.1) is 0 Å². The summed E-state index contributed by atoms with van der Waals surface area (Å²) in [4.78, 5) is 0. The molecule has 0 nitrogen and oxygen atoms in total. The quantitative estimate of drug-likeness (QED) is 0.374. The van der Waals surface area contributed by atoms with E-state index in [0.29, 0.717) is 0 Å². The highest BCUT2D eigenvalue weighted by Gasteiger charge is 2.49.